The Hall–Kier alpha value is -3.35. The molecule has 1 aliphatic heterocycles. The maximum atomic E-state index is 12.5. The lowest BCUT2D eigenvalue weighted by Crippen LogP contribution is -2.33. The zero-order valence-electron chi connectivity index (χ0n) is 17.4. The SMILES string of the molecule is CCOc1ccc(NC(=O)[C@H](C)OC(=O)[C@@H]2CC(=O)N(c3ccc(C)cc3)C2)cc1. The van der Waals surface area contributed by atoms with Crippen molar-refractivity contribution in [2.24, 2.45) is 5.92 Å². The molecule has 0 aliphatic carbocycles. The van der Waals surface area contributed by atoms with Crippen LogP contribution < -0.4 is 15.0 Å². The van der Waals surface area contributed by atoms with Crippen LogP contribution in [0.3, 0.4) is 0 Å². The summed E-state index contributed by atoms with van der Waals surface area (Å²) in [5.74, 6) is -1.01. The van der Waals surface area contributed by atoms with Gasteiger partial charge in [-0.15, -0.1) is 0 Å². The number of amides is 2. The number of carbonyl (C=O) groups is 3. The molecule has 0 spiro atoms. The number of carbonyl (C=O) groups excluding carboxylic acids is 3. The molecule has 0 aromatic heterocycles. The van der Waals surface area contributed by atoms with Crippen molar-refractivity contribution in [3.63, 3.8) is 0 Å². The molecular formula is C23H26N2O5. The molecule has 1 saturated heterocycles. The highest BCUT2D eigenvalue weighted by molar-refractivity contribution is 6.00. The van der Waals surface area contributed by atoms with E-state index in [1.54, 1.807) is 29.2 Å². The van der Waals surface area contributed by atoms with Crippen molar-refractivity contribution in [2.45, 2.75) is 33.3 Å². The highest BCUT2D eigenvalue weighted by Gasteiger charge is 2.37. The summed E-state index contributed by atoms with van der Waals surface area (Å²) in [5, 5.41) is 2.71. The van der Waals surface area contributed by atoms with Gasteiger partial charge in [0, 0.05) is 24.3 Å². The third-order valence-corrected chi connectivity index (χ3v) is 4.90. The molecule has 7 nitrogen and oxygen atoms in total. The second-order valence-corrected chi connectivity index (χ2v) is 7.27. The first kappa shape index (κ1) is 21.4. The number of aryl methyl sites for hydroxylation is 1. The molecule has 3 rings (SSSR count). The van der Waals surface area contributed by atoms with Gasteiger partial charge in [-0.1, -0.05) is 17.7 Å². The monoisotopic (exact) mass is 410 g/mol. The maximum Gasteiger partial charge on any atom is 0.312 e. The van der Waals surface area contributed by atoms with Gasteiger partial charge in [0.2, 0.25) is 5.91 Å². The van der Waals surface area contributed by atoms with Crippen molar-refractivity contribution in [2.75, 3.05) is 23.4 Å². The van der Waals surface area contributed by atoms with E-state index in [1.165, 1.54) is 6.92 Å². The van der Waals surface area contributed by atoms with E-state index in [0.29, 0.717) is 18.0 Å². The van der Waals surface area contributed by atoms with Gasteiger partial charge in [0.25, 0.3) is 5.91 Å². The molecule has 0 bridgehead atoms. The van der Waals surface area contributed by atoms with Gasteiger partial charge in [0.15, 0.2) is 6.10 Å². The van der Waals surface area contributed by atoms with E-state index in [1.807, 2.05) is 38.1 Å². The van der Waals surface area contributed by atoms with Gasteiger partial charge in [-0.3, -0.25) is 14.4 Å². The average molecular weight is 410 g/mol. The molecule has 30 heavy (non-hydrogen) atoms. The van der Waals surface area contributed by atoms with E-state index in [-0.39, 0.29) is 18.9 Å². The summed E-state index contributed by atoms with van der Waals surface area (Å²) >= 11 is 0. The summed E-state index contributed by atoms with van der Waals surface area (Å²) in [6, 6.07) is 14.5. The third kappa shape index (κ3) is 5.17. The van der Waals surface area contributed by atoms with Gasteiger partial charge < -0.3 is 19.7 Å². The van der Waals surface area contributed by atoms with Crippen LogP contribution >= 0.6 is 0 Å². The standard InChI is InChI=1S/C23H26N2O5/c1-4-29-20-11-7-18(8-12-20)24-22(27)16(3)30-23(28)17-13-21(26)25(14-17)19-9-5-15(2)6-10-19/h5-12,16-17H,4,13-14H2,1-3H3,(H,24,27)/t16-,17+/m0/s1. The smallest absolute Gasteiger partial charge is 0.312 e. The number of rotatable bonds is 7. The van der Waals surface area contributed by atoms with E-state index in [9.17, 15) is 14.4 Å². The van der Waals surface area contributed by atoms with Gasteiger partial charge in [-0.05, 0) is 57.2 Å². The summed E-state index contributed by atoms with van der Waals surface area (Å²) < 4.78 is 10.7. The first-order valence-electron chi connectivity index (χ1n) is 9.98. The number of benzene rings is 2. The Kier molecular flexibility index (Phi) is 6.72. The van der Waals surface area contributed by atoms with E-state index in [4.69, 9.17) is 9.47 Å². The Morgan fingerprint density at radius 1 is 1.13 bits per heavy atom. The van der Waals surface area contributed by atoms with Crippen LogP contribution in [0, 0.1) is 12.8 Å². The first-order chi connectivity index (χ1) is 14.4. The van der Waals surface area contributed by atoms with Gasteiger partial charge in [-0.25, -0.2) is 0 Å². The molecule has 1 N–H and O–H groups in total. The normalized spacial score (nSPS) is 16.8. The fraction of sp³-hybridized carbons (Fsp3) is 0.348. The van der Waals surface area contributed by atoms with Crippen LogP contribution in [0.15, 0.2) is 48.5 Å². The van der Waals surface area contributed by atoms with Crippen molar-refractivity contribution in [1.29, 1.82) is 0 Å². The summed E-state index contributed by atoms with van der Waals surface area (Å²) in [6.45, 7) is 6.17. The predicted molar refractivity (Wildman–Crippen MR) is 113 cm³/mol. The molecule has 1 aliphatic rings. The minimum Gasteiger partial charge on any atom is -0.494 e. The fourth-order valence-electron chi connectivity index (χ4n) is 3.21. The fourth-order valence-corrected chi connectivity index (χ4v) is 3.21. The van der Waals surface area contributed by atoms with Crippen molar-refractivity contribution >= 4 is 29.2 Å². The molecular weight excluding hydrogens is 384 g/mol. The third-order valence-electron chi connectivity index (χ3n) is 4.90. The maximum absolute atomic E-state index is 12.5. The minimum atomic E-state index is -0.979. The first-order valence-corrected chi connectivity index (χ1v) is 9.98. The summed E-state index contributed by atoms with van der Waals surface area (Å²) in [7, 11) is 0. The number of nitrogens with one attached hydrogen (secondary N) is 1. The van der Waals surface area contributed by atoms with Gasteiger partial charge >= 0.3 is 5.97 Å². The average Bonchev–Trinajstić information content (AvgIpc) is 3.12. The molecule has 158 valence electrons. The van der Waals surface area contributed by atoms with Crippen molar-refractivity contribution in [1.82, 2.24) is 0 Å². The van der Waals surface area contributed by atoms with Crippen LogP contribution in [0.25, 0.3) is 0 Å². The van der Waals surface area contributed by atoms with Crippen molar-refractivity contribution in [3.8, 4) is 5.75 Å². The zero-order valence-corrected chi connectivity index (χ0v) is 17.4. The zero-order chi connectivity index (χ0) is 21.7. The van der Waals surface area contributed by atoms with Crippen molar-refractivity contribution in [3.05, 3.63) is 54.1 Å². The molecule has 1 heterocycles. The molecule has 0 radical (unpaired) electrons. The highest BCUT2D eigenvalue weighted by Crippen LogP contribution is 2.26. The molecule has 0 unspecified atom stereocenters. The molecule has 2 amide bonds. The lowest BCUT2D eigenvalue weighted by Gasteiger charge is -2.18. The van der Waals surface area contributed by atoms with E-state index < -0.39 is 23.9 Å². The van der Waals surface area contributed by atoms with Crippen molar-refractivity contribution < 1.29 is 23.9 Å². The number of hydrogen-bond acceptors (Lipinski definition) is 5. The molecule has 2 aromatic rings. The topological polar surface area (TPSA) is 84.9 Å². The summed E-state index contributed by atoms with van der Waals surface area (Å²) in [6.07, 6.45) is -0.910. The Balaban J connectivity index is 1.54. The Bertz CT molecular complexity index is 908. The summed E-state index contributed by atoms with van der Waals surface area (Å²) in [5.41, 5.74) is 2.42. The van der Waals surface area contributed by atoms with Crippen LogP contribution in [0.2, 0.25) is 0 Å². The van der Waals surface area contributed by atoms with Crippen LogP contribution in [0.5, 0.6) is 5.75 Å². The highest BCUT2D eigenvalue weighted by atomic mass is 16.5. The second kappa shape index (κ2) is 9.43. The van der Waals surface area contributed by atoms with Crippen LogP contribution in [0.1, 0.15) is 25.8 Å². The largest absolute Gasteiger partial charge is 0.494 e. The number of hydrogen-bond donors (Lipinski definition) is 1. The lowest BCUT2D eigenvalue weighted by atomic mass is 10.1. The van der Waals surface area contributed by atoms with E-state index >= 15 is 0 Å². The van der Waals surface area contributed by atoms with Crippen LogP contribution in [-0.2, 0) is 19.1 Å². The summed E-state index contributed by atoms with van der Waals surface area (Å²) in [4.78, 5) is 38.8. The molecule has 1 fully saturated rings. The van der Waals surface area contributed by atoms with Gasteiger partial charge in [0.1, 0.15) is 5.75 Å². The van der Waals surface area contributed by atoms with E-state index in [2.05, 4.69) is 5.32 Å². The van der Waals surface area contributed by atoms with E-state index in [0.717, 1.165) is 11.3 Å². The van der Waals surface area contributed by atoms with Gasteiger partial charge in [-0.2, -0.15) is 0 Å². The number of anilines is 2. The molecule has 7 heteroatoms. The molecule has 2 aromatic carbocycles. The quantitative estimate of drug-likeness (QED) is 0.708. The number of esters is 1. The van der Waals surface area contributed by atoms with Crippen LogP contribution in [-0.4, -0.2) is 37.0 Å². The minimum absolute atomic E-state index is 0.0694. The lowest BCUT2D eigenvalue weighted by molar-refractivity contribution is -0.157. The van der Waals surface area contributed by atoms with Crippen LogP contribution in [0.4, 0.5) is 11.4 Å². The second-order valence-electron chi connectivity index (χ2n) is 7.27. The Morgan fingerprint density at radius 2 is 1.80 bits per heavy atom. The Morgan fingerprint density at radius 3 is 2.43 bits per heavy atom. The number of ether oxygens (including phenoxy) is 2. The number of nitrogens with zero attached hydrogens (tertiary/aromatic N) is 1. The Labute approximate surface area is 176 Å². The molecule has 0 saturated carbocycles. The molecule has 2 atom stereocenters. The van der Waals surface area contributed by atoms with Gasteiger partial charge in [0.05, 0.1) is 12.5 Å². The predicted octanol–water partition coefficient (Wildman–Crippen LogP) is 3.32.